The van der Waals surface area contributed by atoms with Crippen LogP contribution >= 0.6 is 15.9 Å². The van der Waals surface area contributed by atoms with Crippen LogP contribution in [-0.4, -0.2) is 16.8 Å². The first kappa shape index (κ1) is 18.4. The number of carbonyl (C=O) groups is 2. The average Bonchev–Trinajstić information content (AvgIpc) is 3.00. The van der Waals surface area contributed by atoms with E-state index < -0.39 is 0 Å². The van der Waals surface area contributed by atoms with Crippen molar-refractivity contribution in [1.29, 1.82) is 0 Å². The van der Waals surface area contributed by atoms with Crippen molar-refractivity contribution in [2.45, 2.75) is 33.7 Å². The molecule has 1 amide bonds. The molecule has 26 heavy (non-hydrogen) atoms. The van der Waals surface area contributed by atoms with Crippen LogP contribution in [0.15, 0.2) is 41.0 Å². The maximum atomic E-state index is 12.6. The minimum absolute atomic E-state index is 0.116. The van der Waals surface area contributed by atoms with Crippen LogP contribution in [0.25, 0.3) is 10.9 Å². The van der Waals surface area contributed by atoms with Crippen LogP contribution in [0.2, 0.25) is 0 Å². The van der Waals surface area contributed by atoms with E-state index in [1.165, 1.54) is 0 Å². The second kappa shape index (κ2) is 7.46. The van der Waals surface area contributed by atoms with Crippen molar-refractivity contribution in [3.05, 3.63) is 63.3 Å². The first-order valence-corrected chi connectivity index (χ1v) is 9.37. The number of aromatic nitrogens is 1. The molecule has 0 unspecified atom stereocenters. The molecule has 2 aromatic carbocycles. The average molecular weight is 413 g/mol. The number of benzene rings is 2. The van der Waals surface area contributed by atoms with Crippen LogP contribution in [0.1, 0.15) is 34.0 Å². The third-order valence-corrected chi connectivity index (χ3v) is 5.69. The fourth-order valence-electron chi connectivity index (χ4n) is 3.24. The second-order valence-electron chi connectivity index (χ2n) is 6.39. The number of nitrogens with one attached hydrogen (secondary N) is 1. The predicted molar refractivity (Wildman–Crippen MR) is 109 cm³/mol. The Kier molecular flexibility index (Phi) is 5.28. The zero-order valence-electron chi connectivity index (χ0n) is 15.1. The van der Waals surface area contributed by atoms with Crippen LogP contribution in [0, 0.1) is 13.8 Å². The molecule has 1 N–H and O–H groups in total. The Morgan fingerprint density at radius 2 is 1.96 bits per heavy atom. The van der Waals surface area contributed by atoms with Gasteiger partial charge in [0.1, 0.15) is 6.54 Å². The van der Waals surface area contributed by atoms with Gasteiger partial charge in [-0.2, -0.15) is 0 Å². The number of halogens is 1. The van der Waals surface area contributed by atoms with Gasteiger partial charge in [0.15, 0.2) is 6.29 Å². The van der Waals surface area contributed by atoms with Crippen molar-refractivity contribution in [3.63, 3.8) is 0 Å². The standard InChI is InChI=1S/C21H21BrN2O2/c1-4-15-6-5-7-17-16(12-25)10-24(21(15)17)11-20(26)23-19-9-8-18(22)13(2)14(19)3/h5-10,12H,4,11H2,1-3H3,(H,23,26). The first-order chi connectivity index (χ1) is 12.5. The molecule has 0 saturated heterocycles. The highest BCUT2D eigenvalue weighted by Gasteiger charge is 2.14. The molecule has 1 heterocycles. The van der Waals surface area contributed by atoms with Crippen LogP contribution in [0.4, 0.5) is 5.69 Å². The van der Waals surface area contributed by atoms with Crippen LogP contribution in [-0.2, 0) is 17.8 Å². The molecule has 3 rings (SSSR count). The topological polar surface area (TPSA) is 51.1 Å². The fourth-order valence-corrected chi connectivity index (χ4v) is 3.67. The van der Waals surface area contributed by atoms with E-state index in [0.29, 0.717) is 5.56 Å². The van der Waals surface area contributed by atoms with Gasteiger partial charge in [-0.1, -0.05) is 41.1 Å². The SMILES string of the molecule is CCc1cccc2c(C=O)cn(CC(=O)Nc3ccc(Br)c(C)c3C)c12. The van der Waals surface area contributed by atoms with Gasteiger partial charge in [-0.3, -0.25) is 9.59 Å². The lowest BCUT2D eigenvalue weighted by atomic mass is 10.1. The van der Waals surface area contributed by atoms with Crippen LogP contribution in [0.5, 0.6) is 0 Å². The summed E-state index contributed by atoms with van der Waals surface area (Å²) in [5.74, 6) is -0.116. The van der Waals surface area contributed by atoms with E-state index in [9.17, 15) is 9.59 Å². The highest BCUT2D eigenvalue weighted by molar-refractivity contribution is 9.10. The predicted octanol–water partition coefficient (Wildman–Crippen LogP) is 5.03. The molecule has 0 bridgehead atoms. The van der Waals surface area contributed by atoms with Gasteiger partial charge in [-0.15, -0.1) is 0 Å². The summed E-state index contributed by atoms with van der Waals surface area (Å²) in [4.78, 5) is 24.0. The summed E-state index contributed by atoms with van der Waals surface area (Å²) >= 11 is 3.50. The van der Waals surface area contributed by atoms with E-state index >= 15 is 0 Å². The number of aldehydes is 1. The van der Waals surface area contributed by atoms with Crippen molar-refractivity contribution >= 4 is 44.7 Å². The highest BCUT2D eigenvalue weighted by atomic mass is 79.9. The molecule has 1 aromatic heterocycles. The molecule has 0 fully saturated rings. The Balaban J connectivity index is 1.93. The Morgan fingerprint density at radius 1 is 1.19 bits per heavy atom. The summed E-state index contributed by atoms with van der Waals surface area (Å²) < 4.78 is 2.89. The summed E-state index contributed by atoms with van der Waals surface area (Å²) in [6.07, 6.45) is 3.45. The van der Waals surface area contributed by atoms with E-state index in [1.807, 2.05) is 48.7 Å². The molecule has 5 heteroatoms. The molecule has 0 aliphatic heterocycles. The molecule has 3 aromatic rings. The van der Waals surface area contributed by atoms with Crippen molar-refractivity contribution in [1.82, 2.24) is 4.57 Å². The van der Waals surface area contributed by atoms with E-state index in [-0.39, 0.29) is 12.5 Å². The normalized spacial score (nSPS) is 10.9. The van der Waals surface area contributed by atoms with E-state index in [0.717, 1.165) is 50.5 Å². The van der Waals surface area contributed by atoms with Crippen LogP contribution < -0.4 is 5.32 Å². The van der Waals surface area contributed by atoms with Crippen molar-refractivity contribution in [3.8, 4) is 0 Å². The highest BCUT2D eigenvalue weighted by Crippen LogP contribution is 2.27. The van der Waals surface area contributed by atoms with Gasteiger partial charge in [0.2, 0.25) is 5.91 Å². The Morgan fingerprint density at radius 3 is 2.65 bits per heavy atom. The summed E-state index contributed by atoms with van der Waals surface area (Å²) in [6, 6.07) is 9.74. The van der Waals surface area contributed by atoms with E-state index in [4.69, 9.17) is 0 Å². The monoisotopic (exact) mass is 412 g/mol. The minimum atomic E-state index is -0.116. The van der Waals surface area contributed by atoms with Crippen molar-refractivity contribution < 1.29 is 9.59 Å². The van der Waals surface area contributed by atoms with Crippen molar-refractivity contribution in [2.24, 2.45) is 0 Å². The summed E-state index contributed by atoms with van der Waals surface area (Å²) in [6.45, 7) is 6.23. The maximum absolute atomic E-state index is 12.6. The van der Waals surface area contributed by atoms with Gasteiger partial charge >= 0.3 is 0 Å². The van der Waals surface area contributed by atoms with Gasteiger partial charge in [-0.05, 0) is 49.1 Å². The molecular formula is C21H21BrN2O2. The summed E-state index contributed by atoms with van der Waals surface area (Å²) in [7, 11) is 0. The van der Waals surface area contributed by atoms with Crippen molar-refractivity contribution in [2.75, 3.05) is 5.32 Å². The molecule has 134 valence electrons. The molecule has 0 saturated carbocycles. The van der Waals surface area contributed by atoms with Crippen LogP contribution in [0.3, 0.4) is 0 Å². The third kappa shape index (κ3) is 3.31. The largest absolute Gasteiger partial charge is 0.337 e. The van der Waals surface area contributed by atoms with Gasteiger partial charge in [0, 0.05) is 27.3 Å². The Bertz CT molecular complexity index is 1000. The zero-order valence-corrected chi connectivity index (χ0v) is 16.7. The molecular weight excluding hydrogens is 392 g/mol. The number of fused-ring (bicyclic) bond motifs is 1. The lowest BCUT2D eigenvalue weighted by molar-refractivity contribution is -0.116. The number of para-hydroxylation sites is 1. The lowest BCUT2D eigenvalue weighted by Crippen LogP contribution is -2.19. The molecule has 0 aliphatic rings. The minimum Gasteiger partial charge on any atom is -0.337 e. The maximum Gasteiger partial charge on any atom is 0.244 e. The fraction of sp³-hybridized carbons (Fsp3) is 0.238. The summed E-state index contributed by atoms with van der Waals surface area (Å²) in [5, 5.41) is 3.88. The van der Waals surface area contributed by atoms with Gasteiger partial charge < -0.3 is 9.88 Å². The molecule has 0 aliphatic carbocycles. The Labute approximate surface area is 161 Å². The number of nitrogens with zero attached hydrogens (tertiary/aromatic N) is 1. The van der Waals surface area contributed by atoms with E-state index in [2.05, 4.69) is 28.2 Å². The second-order valence-corrected chi connectivity index (χ2v) is 7.24. The number of rotatable bonds is 5. The first-order valence-electron chi connectivity index (χ1n) is 8.57. The number of amides is 1. The number of hydrogen-bond acceptors (Lipinski definition) is 2. The quantitative estimate of drug-likeness (QED) is 0.597. The zero-order chi connectivity index (χ0) is 18.8. The molecule has 0 radical (unpaired) electrons. The number of carbonyl (C=O) groups excluding carboxylic acids is 2. The van der Waals surface area contributed by atoms with Gasteiger partial charge in [-0.25, -0.2) is 0 Å². The molecule has 0 atom stereocenters. The van der Waals surface area contributed by atoms with Gasteiger partial charge in [0.05, 0.1) is 5.52 Å². The van der Waals surface area contributed by atoms with Gasteiger partial charge in [0.25, 0.3) is 0 Å². The smallest absolute Gasteiger partial charge is 0.244 e. The number of hydrogen-bond donors (Lipinski definition) is 1. The lowest BCUT2D eigenvalue weighted by Gasteiger charge is -2.13. The third-order valence-electron chi connectivity index (χ3n) is 4.83. The van der Waals surface area contributed by atoms with E-state index in [1.54, 1.807) is 6.20 Å². The molecule has 0 spiro atoms. The summed E-state index contributed by atoms with van der Waals surface area (Å²) in [5.41, 5.74) is 5.63. The number of anilines is 1. The Hall–Kier alpha value is -2.40. The molecule has 4 nitrogen and oxygen atoms in total. The number of aryl methyl sites for hydroxylation is 1.